The maximum Gasteiger partial charge on any atom is 0.435 e. The van der Waals surface area contributed by atoms with Crippen LogP contribution in [0.15, 0.2) is 18.5 Å². The number of nitrogens with zero attached hydrogens (tertiary/aromatic N) is 4. The van der Waals surface area contributed by atoms with Crippen LogP contribution in [0.25, 0.3) is 0 Å². The fraction of sp³-hybridized carbons (Fsp3) is 0.417. The van der Waals surface area contributed by atoms with Crippen molar-refractivity contribution in [2.45, 2.75) is 19.1 Å². The summed E-state index contributed by atoms with van der Waals surface area (Å²) in [5.74, 6) is -0.607. The molecule has 22 heavy (non-hydrogen) atoms. The molecule has 0 aromatic carbocycles. The summed E-state index contributed by atoms with van der Waals surface area (Å²) >= 11 is 5.71. The summed E-state index contributed by atoms with van der Waals surface area (Å²) in [6.07, 6.45) is -0.877. The van der Waals surface area contributed by atoms with Gasteiger partial charge in [0.1, 0.15) is 5.69 Å². The van der Waals surface area contributed by atoms with E-state index >= 15 is 0 Å². The van der Waals surface area contributed by atoms with Crippen molar-refractivity contribution in [2.75, 3.05) is 6.54 Å². The quantitative estimate of drug-likeness (QED) is 0.851. The van der Waals surface area contributed by atoms with E-state index in [1.807, 2.05) is 0 Å². The molecule has 0 fully saturated rings. The molecule has 0 spiro atoms. The normalized spacial score (nSPS) is 11.7. The summed E-state index contributed by atoms with van der Waals surface area (Å²) in [5, 5.41) is 10.3. The first kappa shape index (κ1) is 16.3. The van der Waals surface area contributed by atoms with E-state index in [1.165, 1.54) is 13.2 Å². The molecule has 2 aromatic rings. The molecule has 0 radical (unpaired) electrons. The van der Waals surface area contributed by atoms with Crippen LogP contribution in [0.5, 0.6) is 0 Å². The smallest absolute Gasteiger partial charge is 0.351 e. The van der Waals surface area contributed by atoms with Gasteiger partial charge in [0.25, 0.3) is 5.91 Å². The molecule has 0 aliphatic carbocycles. The van der Waals surface area contributed by atoms with Crippen molar-refractivity contribution >= 4 is 17.5 Å². The number of aromatic nitrogens is 4. The van der Waals surface area contributed by atoms with Gasteiger partial charge in [-0.25, -0.2) is 0 Å². The lowest BCUT2D eigenvalue weighted by molar-refractivity contribution is -0.141. The van der Waals surface area contributed by atoms with Crippen molar-refractivity contribution < 1.29 is 18.0 Å². The lowest BCUT2D eigenvalue weighted by Crippen LogP contribution is -2.27. The van der Waals surface area contributed by atoms with Gasteiger partial charge in [-0.1, -0.05) is 11.6 Å². The highest BCUT2D eigenvalue weighted by molar-refractivity contribution is 6.30. The molecule has 6 nitrogen and oxygen atoms in total. The molecule has 0 saturated carbocycles. The van der Waals surface area contributed by atoms with Gasteiger partial charge < -0.3 is 5.32 Å². The number of halogens is 4. The second kappa shape index (κ2) is 6.39. The highest BCUT2D eigenvalue weighted by Crippen LogP contribution is 2.28. The average Bonchev–Trinajstić information content (AvgIpc) is 3.00. The van der Waals surface area contributed by atoms with Crippen LogP contribution in [0, 0.1) is 0 Å². The molecule has 2 rings (SSSR count). The number of carbonyl (C=O) groups excluding carboxylic acids is 1. The third-order valence-electron chi connectivity index (χ3n) is 2.85. The third-order valence-corrected chi connectivity index (χ3v) is 3.05. The van der Waals surface area contributed by atoms with Crippen molar-refractivity contribution in [3.8, 4) is 0 Å². The van der Waals surface area contributed by atoms with Crippen LogP contribution in [-0.2, 0) is 19.8 Å². The maximum atomic E-state index is 12.5. The summed E-state index contributed by atoms with van der Waals surface area (Å²) in [4.78, 5) is 11.8. The Labute approximate surface area is 128 Å². The van der Waals surface area contributed by atoms with Crippen molar-refractivity contribution in [1.29, 1.82) is 0 Å². The Hall–Kier alpha value is -2.03. The van der Waals surface area contributed by atoms with E-state index in [0.29, 0.717) is 24.5 Å². The monoisotopic (exact) mass is 335 g/mol. The highest BCUT2D eigenvalue weighted by atomic mass is 35.5. The average molecular weight is 336 g/mol. The predicted octanol–water partition coefficient (Wildman–Crippen LogP) is 2.11. The van der Waals surface area contributed by atoms with Crippen LogP contribution < -0.4 is 5.32 Å². The van der Waals surface area contributed by atoms with E-state index in [4.69, 9.17) is 11.6 Å². The molecule has 2 heterocycles. The van der Waals surface area contributed by atoms with E-state index in [9.17, 15) is 18.0 Å². The molecule has 120 valence electrons. The largest absolute Gasteiger partial charge is 0.435 e. The number of amides is 1. The molecule has 0 aliphatic heterocycles. The Kier molecular flexibility index (Phi) is 4.74. The van der Waals surface area contributed by atoms with Crippen LogP contribution in [0.1, 0.15) is 22.6 Å². The Morgan fingerprint density at radius 2 is 2.18 bits per heavy atom. The maximum absolute atomic E-state index is 12.5. The van der Waals surface area contributed by atoms with E-state index in [0.717, 1.165) is 10.7 Å². The van der Waals surface area contributed by atoms with Gasteiger partial charge in [-0.2, -0.15) is 23.4 Å². The van der Waals surface area contributed by atoms with Gasteiger partial charge in [-0.3, -0.25) is 14.2 Å². The lowest BCUT2D eigenvalue weighted by atomic mass is 10.3. The number of nitrogens with one attached hydrogen (secondary N) is 1. The Bertz CT molecular complexity index is 664. The van der Waals surface area contributed by atoms with E-state index in [2.05, 4.69) is 15.5 Å². The summed E-state index contributed by atoms with van der Waals surface area (Å²) in [7, 11) is 1.29. The van der Waals surface area contributed by atoms with Crippen LogP contribution in [0.2, 0.25) is 5.02 Å². The van der Waals surface area contributed by atoms with E-state index in [-0.39, 0.29) is 5.69 Å². The second-order valence-corrected chi connectivity index (χ2v) is 5.00. The zero-order valence-corrected chi connectivity index (χ0v) is 12.3. The van der Waals surface area contributed by atoms with Gasteiger partial charge in [0.15, 0.2) is 5.69 Å². The summed E-state index contributed by atoms with van der Waals surface area (Å²) in [6, 6.07) is 0.725. The van der Waals surface area contributed by atoms with Gasteiger partial charge in [-0.15, -0.1) is 0 Å². The molecule has 0 bridgehead atoms. The zero-order valence-electron chi connectivity index (χ0n) is 11.6. The van der Waals surface area contributed by atoms with Gasteiger partial charge in [0.05, 0.1) is 11.2 Å². The Morgan fingerprint density at radius 3 is 2.73 bits per heavy atom. The SMILES string of the molecule is Cn1nc(C(F)(F)F)cc1C(=O)NCCCn1cc(Cl)cn1. The molecular weight excluding hydrogens is 323 g/mol. The molecule has 0 saturated heterocycles. The number of rotatable bonds is 5. The van der Waals surface area contributed by atoms with Gasteiger partial charge in [0, 0.05) is 32.4 Å². The van der Waals surface area contributed by atoms with E-state index in [1.54, 1.807) is 10.9 Å². The Balaban J connectivity index is 1.86. The van der Waals surface area contributed by atoms with Crippen molar-refractivity contribution in [3.05, 3.63) is 34.9 Å². The standard InChI is InChI=1S/C12H13ClF3N5O/c1-20-9(5-10(19-20)12(14,15)16)11(22)17-3-2-4-21-7-8(13)6-18-21/h5-7H,2-4H2,1H3,(H,17,22). The molecule has 2 aromatic heterocycles. The van der Waals surface area contributed by atoms with E-state index < -0.39 is 17.8 Å². The first-order valence-electron chi connectivity index (χ1n) is 6.35. The fourth-order valence-corrected chi connectivity index (χ4v) is 1.97. The second-order valence-electron chi connectivity index (χ2n) is 4.57. The lowest BCUT2D eigenvalue weighted by Gasteiger charge is -2.05. The first-order valence-corrected chi connectivity index (χ1v) is 6.72. The summed E-state index contributed by atoms with van der Waals surface area (Å²) in [5.41, 5.74) is -1.24. The number of hydrogen-bond acceptors (Lipinski definition) is 3. The first-order chi connectivity index (χ1) is 10.3. The van der Waals surface area contributed by atoms with Gasteiger partial charge in [-0.05, 0) is 6.42 Å². The summed E-state index contributed by atoms with van der Waals surface area (Å²) < 4.78 is 40.1. The molecule has 0 aliphatic rings. The van der Waals surface area contributed by atoms with Crippen molar-refractivity contribution in [1.82, 2.24) is 24.9 Å². The minimum absolute atomic E-state index is 0.144. The zero-order chi connectivity index (χ0) is 16.3. The number of alkyl halides is 3. The molecule has 10 heteroatoms. The van der Waals surface area contributed by atoms with Crippen molar-refractivity contribution in [2.24, 2.45) is 7.05 Å². The minimum atomic E-state index is -4.57. The van der Waals surface area contributed by atoms with Gasteiger partial charge in [0.2, 0.25) is 0 Å². The van der Waals surface area contributed by atoms with Gasteiger partial charge >= 0.3 is 6.18 Å². The molecular formula is C12H13ClF3N5O. The van der Waals surface area contributed by atoms with Crippen LogP contribution in [0.4, 0.5) is 13.2 Å². The highest BCUT2D eigenvalue weighted by Gasteiger charge is 2.35. The minimum Gasteiger partial charge on any atom is -0.351 e. The number of carbonyl (C=O) groups is 1. The predicted molar refractivity (Wildman–Crippen MR) is 72.4 cm³/mol. The molecule has 1 amide bonds. The summed E-state index contributed by atoms with van der Waals surface area (Å²) in [6.45, 7) is 0.828. The number of aryl methyl sites for hydroxylation is 2. The van der Waals surface area contributed by atoms with Crippen molar-refractivity contribution in [3.63, 3.8) is 0 Å². The molecule has 1 N–H and O–H groups in total. The third kappa shape index (κ3) is 4.00. The van der Waals surface area contributed by atoms with Crippen LogP contribution in [-0.4, -0.2) is 32.0 Å². The topological polar surface area (TPSA) is 64.7 Å². The van der Waals surface area contributed by atoms with Crippen LogP contribution in [0.3, 0.4) is 0 Å². The number of hydrogen-bond donors (Lipinski definition) is 1. The Morgan fingerprint density at radius 1 is 1.45 bits per heavy atom. The van der Waals surface area contributed by atoms with Crippen LogP contribution >= 0.6 is 11.6 Å². The molecule has 0 unspecified atom stereocenters. The molecule has 0 atom stereocenters. The fourth-order valence-electron chi connectivity index (χ4n) is 1.81.